The lowest BCUT2D eigenvalue weighted by Gasteiger charge is -2.21. The molecule has 3 nitrogen and oxygen atoms in total. The van der Waals surface area contributed by atoms with Gasteiger partial charge in [0.25, 0.3) is 0 Å². The number of aryl methyl sites for hydroxylation is 1. The van der Waals surface area contributed by atoms with Crippen molar-refractivity contribution in [2.24, 2.45) is 0 Å². The van der Waals surface area contributed by atoms with Gasteiger partial charge in [0, 0.05) is 12.0 Å². The van der Waals surface area contributed by atoms with Crippen LogP contribution in [-0.2, 0) is 12.0 Å². The molecule has 1 aromatic heterocycles. The van der Waals surface area contributed by atoms with Crippen LogP contribution in [0.25, 0.3) is 11.1 Å². The van der Waals surface area contributed by atoms with Crippen LogP contribution in [0.3, 0.4) is 0 Å². The van der Waals surface area contributed by atoms with E-state index in [1.807, 2.05) is 41.9 Å². The maximum atomic E-state index is 10.1. The number of nitrogens with zero attached hydrogens (tertiary/aromatic N) is 2. The summed E-state index contributed by atoms with van der Waals surface area (Å²) in [5.41, 5.74) is 2.88. The lowest BCUT2D eigenvalue weighted by atomic mass is 9.87. The van der Waals surface area contributed by atoms with Crippen LogP contribution in [-0.4, -0.2) is 14.9 Å². The summed E-state index contributed by atoms with van der Waals surface area (Å²) in [6.45, 7) is 9.22. The van der Waals surface area contributed by atoms with Gasteiger partial charge in [-0.15, -0.1) is 5.10 Å². The molecule has 0 amide bonds. The second-order valence-electron chi connectivity index (χ2n) is 5.48. The molecule has 0 aliphatic rings. The molecule has 2 aromatic rings. The molecule has 0 fully saturated rings. The molecule has 18 heavy (non-hydrogen) atoms. The fraction of sp³-hybridized carbons (Fsp3) is 0.400. The third-order valence-corrected chi connectivity index (χ3v) is 3.01. The summed E-state index contributed by atoms with van der Waals surface area (Å²) in [6.07, 6.45) is 0. The molecule has 3 heteroatoms. The van der Waals surface area contributed by atoms with Crippen LogP contribution in [0.5, 0.6) is 5.88 Å². The van der Waals surface area contributed by atoms with Gasteiger partial charge >= 0.3 is 0 Å². The lowest BCUT2D eigenvalue weighted by molar-refractivity contribution is 0.435. The van der Waals surface area contributed by atoms with Crippen LogP contribution in [0.15, 0.2) is 30.3 Å². The normalized spacial score (nSPS) is 11.8. The second kappa shape index (κ2) is 4.48. The van der Waals surface area contributed by atoms with Crippen molar-refractivity contribution in [1.82, 2.24) is 9.78 Å². The van der Waals surface area contributed by atoms with E-state index in [2.05, 4.69) is 25.9 Å². The number of hydrogen-bond donors (Lipinski definition) is 1. The summed E-state index contributed by atoms with van der Waals surface area (Å²) in [5, 5.41) is 14.4. The van der Waals surface area contributed by atoms with E-state index in [9.17, 15) is 5.11 Å². The van der Waals surface area contributed by atoms with Gasteiger partial charge in [-0.3, -0.25) is 4.68 Å². The quantitative estimate of drug-likeness (QED) is 0.877. The van der Waals surface area contributed by atoms with Crippen LogP contribution in [0.4, 0.5) is 0 Å². The van der Waals surface area contributed by atoms with Crippen LogP contribution in [0, 0.1) is 0 Å². The molecule has 1 heterocycles. The minimum absolute atomic E-state index is 0.0604. The van der Waals surface area contributed by atoms with Gasteiger partial charge < -0.3 is 5.11 Å². The second-order valence-corrected chi connectivity index (χ2v) is 5.48. The minimum Gasteiger partial charge on any atom is -0.492 e. The van der Waals surface area contributed by atoms with Crippen molar-refractivity contribution in [3.8, 4) is 17.0 Å². The fourth-order valence-electron chi connectivity index (χ4n) is 2.31. The van der Waals surface area contributed by atoms with Gasteiger partial charge in [0.05, 0.1) is 11.3 Å². The first-order chi connectivity index (χ1) is 8.45. The standard InChI is InChI=1S/C15H20N2O/c1-5-17-13(15(2,3)4)12(14(18)16-17)11-9-7-6-8-10-11/h6-10H,5H2,1-4H3,(H,16,18). The van der Waals surface area contributed by atoms with Crippen LogP contribution in [0.2, 0.25) is 0 Å². The molecule has 0 atom stereocenters. The molecule has 96 valence electrons. The van der Waals surface area contributed by atoms with Gasteiger partial charge in [-0.25, -0.2) is 0 Å². The molecule has 0 aliphatic heterocycles. The average molecular weight is 244 g/mol. The molecule has 0 bridgehead atoms. The molecule has 1 N–H and O–H groups in total. The first-order valence-electron chi connectivity index (χ1n) is 6.30. The van der Waals surface area contributed by atoms with E-state index in [0.717, 1.165) is 23.4 Å². The topological polar surface area (TPSA) is 38.0 Å². The van der Waals surface area contributed by atoms with Gasteiger partial charge in [-0.1, -0.05) is 51.1 Å². The predicted octanol–water partition coefficient (Wildman–Crippen LogP) is 3.57. The molecule has 0 saturated carbocycles. The zero-order valence-corrected chi connectivity index (χ0v) is 11.4. The molecule has 0 saturated heterocycles. The summed E-state index contributed by atoms with van der Waals surface area (Å²) in [6, 6.07) is 9.94. The predicted molar refractivity (Wildman–Crippen MR) is 73.7 cm³/mol. The molecule has 0 spiro atoms. The number of rotatable bonds is 2. The molecule has 1 aromatic carbocycles. The van der Waals surface area contributed by atoms with Crippen LogP contribution < -0.4 is 0 Å². The summed E-state index contributed by atoms with van der Waals surface area (Å²) >= 11 is 0. The van der Waals surface area contributed by atoms with Crippen molar-refractivity contribution in [1.29, 1.82) is 0 Å². The van der Waals surface area contributed by atoms with Gasteiger partial charge in [-0.2, -0.15) is 0 Å². The van der Waals surface area contributed by atoms with E-state index in [4.69, 9.17) is 0 Å². The molecule has 0 aliphatic carbocycles. The number of hydrogen-bond acceptors (Lipinski definition) is 2. The molecular formula is C15H20N2O. The van der Waals surface area contributed by atoms with Crippen molar-refractivity contribution in [2.75, 3.05) is 0 Å². The summed E-state index contributed by atoms with van der Waals surface area (Å²) in [5.74, 6) is 0.118. The molecule has 0 unspecified atom stereocenters. The Kier molecular flexibility index (Phi) is 3.16. The van der Waals surface area contributed by atoms with E-state index < -0.39 is 0 Å². The summed E-state index contributed by atoms with van der Waals surface area (Å²) in [7, 11) is 0. The third-order valence-electron chi connectivity index (χ3n) is 3.01. The Morgan fingerprint density at radius 2 is 1.78 bits per heavy atom. The summed E-state index contributed by atoms with van der Waals surface area (Å²) < 4.78 is 1.89. The monoisotopic (exact) mass is 244 g/mol. The Morgan fingerprint density at radius 3 is 2.28 bits per heavy atom. The Labute approximate surface area is 108 Å². The zero-order chi connectivity index (χ0) is 13.3. The van der Waals surface area contributed by atoms with Crippen LogP contribution >= 0.6 is 0 Å². The average Bonchev–Trinajstić information content (AvgIpc) is 2.67. The van der Waals surface area contributed by atoms with Gasteiger partial charge in [0.1, 0.15) is 0 Å². The van der Waals surface area contributed by atoms with E-state index in [1.54, 1.807) is 0 Å². The lowest BCUT2D eigenvalue weighted by Crippen LogP contribution is -2.19. The van der Waals surface area contributed by atoms with Gasteiger partial charge in [0.15, 0.2) is 0 Å². The van der Waals surface area contributed by atoms with Gasteiger partial charge in [-0.05, 0) is 12.5 Å². The maximum absolute atomic E-state index is 10.1. The minimum atomic E-state index is -0.0604. The smallest absolute Gasteiger partial charge is 0.238 e. The van der Waals surface area contributed by atoms with Crippen molar-refractivity contribution in [3.05, 3.63) is 36.0 Å². The highest BCUT2D eigenvalue weighted by molar-refractivity contribution is 5.72. The van der Waals surface area contributed by atoms with E-state index >= 15 is 0 Å². The van der Waals surface area contributed by atoms with Crippen molar-refractivity contribution < 1.29 is 5.11 Å². The highest BCUT2D eigenvalue weighted by Gasteiger charge is 2.27. The molecular weight excluding hydrogens is 224 g/mol. The Morgan fingerprint density at radius 1 is 1.17 bits per heavy atom. The molecule has 0 radical (unpaired) electrons. The Balaban J connectivity index is 2.71. The fourth-order valence-corrected chi connectivity index (χ4v) is 2.31. The Hall–Kier alpha value is -1.77. The van der Waals surface area contributed by atoms with Crippen LogP contribution in [0.1, 0.15) is 33.4 Å². The van der Waals surface area contributed by atoms with Gasteiger partial charge in [0.2, 0.25) is 5.88 Å². The van der Waals surface area contributed by atoms with Crippen molar-refractivity contribution in [2.45, 2.75) is 39.7 Å². The highest BCUT2D eigenvalue weighted by Crippen LogP contribution is 2.38. The highest BCUT2D eigenvalue weighted by atomic mass is 16.3. The SMILES string of the molecule is CCn1nc(O)c(-c2ccccc2)c1C(C)(C)C. The molecule has 2 rings (SSSR count). The van der Waals surface area contributed by atoms with E-state index in [1.165, 1.54) is 0 Å². The van der Waals surface area contributed by atoms with Crippen molar-refractivity contribution in [3.63, 3.8) is 0 Å². The number of aromatic nitrogens is 2. The number of aromatic hydroxyl groups is 1. The third kappa shape index (κ3) is 2.13. The Bertz CT molecular complexity index is 536. The van der Waals surface area contributed by atoms with E-state index in [0.29, 0.717) is 0 Å². The number of benzene rings is 1. The maximum Gasteiger partial charge on any atom is 0.238 e. The zero-order valence-electron chi connectivity index (χ0n) is 11.4. The van der Waals surface area contributed by atoms with E-state index in [-0.39, 0.29) is 11.3 Å². The first kappa shape index (κ1) is 12.7. The van der Waals surface area contributed by atoms with Crippen molar-refractivity contribution >= 4 is 0 Å². The summed E-state index contributed by atoms with van der Waals surface area (Å²) in [4.78, 5) is 0. The largest absolute Gasteiger partial charge is 0.492 e. The first-order valence-corrected chi connectivity index (χ1v) is 6.30.